The van der Waals surface area contributed by atoms with Gasteiger partial charge in [-0.05, 0) is 31.2 Å². The highest BCUT2D eigenvalue weighted by Gasteiger charge is 2.10. The van der Waals surface area contributed by atoms with Crippen LogP contribution in [0.1, 0.15) is 17.3 Å². The Labute approximate surface area is 109 Å². The molecule has 1 aromatic carbocycles. The van der Waals surface area contributed by atoms with E-state index in [-0.39, 0.29) is 17.3 Å². The van der Waals surface area contributed by atoms with Gasteiger partial charge in [0.25, 0.3) is 0 Å². The molecule has 5 nitrogen and oxygen atoms in total. The molecule has 1 heterocycles. The zero-order chi connectivity index (χ0) is 13.8. The van der Waals surface area contributed by atoms with Gasteiger partial charge in [0.2, 0.25) is 0 Å². The molecule has 100 valence electrons. The lowest BCUT2D eigenvalue weighted by Gasteiger charge is -2.16. The first kappa shape index (κ1) is 13.1. The molecule has 0 saturated carbocycles. The van der Waals surface area contributed by atoms with Crippen LogP contribution in [0.4, 0.5) is 10.1 Å². The van der Waals surface area contributed by atoms with Crippen molar-refractivity contribution in [2.75, 3.05) is 5.32 Å². The van der Waals surface area contributed by atoms with E-state index in [4.69, 9.17) is 5.11 Å². The second kappa shape index (κ2) is 5.51. The summed E-state index contributed by atoms with van der Waals surface area (Å²) in [5, 5.41) is 15.8. The maximum absolute atomic E-state index is 13.7. The van der Waals surface area contributed by atoms with Crippen LogP contribution >= 0.6 is 0 Å². The molecule has 1 atom stereocenters. The minimum absolute atomic E-state index is 0.0370. The van der Waals surface area contributed by atoms with E-state index in [0.29, 0.717) is 6.54 Å². The van der Waals surface area contributed by atoms with Crippen LogP contribution in [-0.4, -0.2) is 26.9 Å². The van der Waals surface area contributed by atoms with E-state index in [9.17, 15) is 9.18 Å². The molecule has 2 N–H and O–H groups in total. The van der Waals surface area contributed by atoms with E-state index in [1.54, 1.807) is 10.9 Å². The maximum atomic E-state index is 13.7. The van der Waals surface area contributed by atoms with E-state index in [2.05, 4.69) is 10.4 Å². The molecule has 0 fully saturated rings. The minimum Gasteiger partial charge on any atom is -0.478 e. The summed E-state index contributed by atoms with van der Waals surface area (Å²) in [5.74, 6) is -1.72. The van der Waals surface area contributed by atoms with Crippen LogP contribution in [0.15, 0.2) is 36.7 Å². The zero-order valence-electron chi connectivity index (χ0n) is 10.4. The first-order valence-electron chi connectivity index (χ1n) is 5.83. The van der Waals surface area contributed by atoms with Crippen molar-refractivity contribution in [3.05, 3.63) is 48.0 Å². The van der Waals surface area contributed by atoms with Crippen molar-refractivity contribution in [3.8, 4) is 0 Å². The molecule has 0 saturated heterocycles. The van der Waals surface area contributed by atoms with Gasteiger partial charge in [-0.3, -0.25) is 4.68 Å². The Kier molecular flexibility index (Phi) is 3.79. The van der Waals surface area contributed by atoms with Gasteiger partial charge in [-0.2, -0.15) is 5.10 Å². The average Bonchev–Trinajstić information content (AvgIpc) is 2.84. The number of aromatic carboxylic acids is 1. The molecule has 19 heavy (non-hydrogen) atoms. The second-order valence-electron chi connectivity index (χ2n) is 4.27. The Balaban J connectivity index is 2.04. The fraction of sp³-hybridized carbons (Fsp3) is 0.231. The van der Waals surface area contributed by atoms with Crippen LogP contribution in [0.3, 0.4) is 0 Å². The van der Waals surface area contributed by atoms with Crippen LogP contribution in [-0.2, 0) is 6.54 Å². The topological polar surface area (TPSA) is 67.2 Å². The van der Waals surface area contributed by atoms with Gasteiger partial charge in [-0.1, -0.05) is 0 Å². The number of carbonyl (C=O) groups is 1. The van der Waals surface area contributed by atoms with Gasteiger partial charge in [0, 0.05) is 18.4 Å². The number of halogens is 1. The van der Waals surface area contributed by atoms with Gasteiger partial charge in [-0.25, -0.2) is 9.18 Å². The molecule has 1 aromatic heterocycles. The van der Waals surface area contributed by atoms with E-state index in [0.717, 1.165) is 6.07 Å². The van der Waals surface area contributed by atoms with Crippen LogP contribution in [0, 0.1) is 5.82 Å². The Morgan fingerprint density at radius 1 is 1.58 bits per heavy atom. The standard InChI is InChI=1S/C13H14FN3O2/c1-9(8-17-6-2-5-15-17)16-12-4-3-10(13(18)19)7-11(12)14/h2-7,9,16H,8H2,1H3,(H,18,19). The summed E-state index contributed by atoms with van der Waals surface area (Å²) in [6.45, 7) is 2.49. The SMILES string of the molecule is CC(Cn1cccn1)Nc1ccc(C(=O)O)cc1F. The quantitative estimate of drug-likeness (QED) is 0.868. The first-order chi connectivity index (χ1) is 9.06. The Morgan fingerprint density at radius 3 is 2.95 bits per heavy atom. The van der Waals surface area contributed by atoms with E-state index in [1.165, 1.54) is 12.1 Å². The molecular weight excluding hydrogens is 249 g/mol. The van der Waals surface area contributed by atoms with Gasteiger partial charge in [0.15, 0.2) is 0 Å². The summed E-state index contributed by atoms with van der Waals surface area (Å²) in [6.07, 6.45) is 3.50. The fourth-order valence-corrected chi connectivity index (χ4v) is 1.77. The largest absolute Gasteiger partial charge is 0.478 e. The molecule has 0 radical (unpaired) electrons. The molecule has 2 rings (SSSR count). The number of nitrogens with one attached hydrogen (secondary N) is 1. The number of nitrogens with zero attached hydrogens (tertiary/aromatic N) is 2. The molecule has 0 aliphatic carbocycles. The average molecular weight is 263 g/mol. The zero-order valence-corrected chi connectivity index (χ0v) is 10.4. The summed E-state index contributed by atoms with van der Waals surface area (Å²) in [4.78, 5) is 10.7. The molecule has 0 aliphatic heterocycles. The van der Waals surface area contributed by atoms with Crippen molar-refractivity contribution in [2.45, 2.75) is 19.5 Å². The minimum atomic E-state index is -1.14. The highest BCUT2D eigenvalue weighted by atomic mass is 19.1. The Bertz CT molecular complexity index is 569. The molecule has 6 heteroatoms. The van der Waals surface area contributed by atoms with Gasteiger partial charge in [0.1, 0.15) is 5.82 Å². The lowest BCUT2D eigenvalue weighted by atomic mass is 10.2. The third-order valence-electron chi connectivity index (χ3n) is 2.64. The summed E-state index contributed by atoms with van der Waals surface area (Å²) in [6, 6.07) is 5.58. The maximum Gasteiger partial charge on any atom is 0.335 e. The summed E-state index contributed by atoms with van der Waals surface area (Å²) in [7, 11) is 0. The monoisotopic (exact) mass is 263 g/mol. The lowest BCUT2D eigenvalue weighted by molar-refractivity contribution is 0.0696. The van der Waals surface area contributed by atoms with Gasteiger partial charge < -0.3 is 10.4 Å². The Morgan fingerprint density at radius 2 is 2.37 bits per heavy atom. The van der Waals surface area contributed by atoms with Gasteiger partial charge in [0.05, 0.1) is 17.8 Å². The predicted octanol–water partition coefficient (Wildman–Crippen LogP) is 2.22. The van der Waals surface area contributed by atoms with Crippen molar-refractivity contribution in [1.82, 2.24) is 9.78 Å². The third kappa shape index (κ3) is 3.31. The van der Waals surface area contributed by atoms with E-state index < -0.39 is 11.8 Å². The van der Waals surface area contributed by atoms with Crippen molar-refractivity contribution in [3.63, 3.8) is 0 Å². The lowest BCUT2D eigenvalue weighted by Crippen LogP contribution is -2.22. The number of hydrogen-bond donors (Lipinski definition) is 2. The molecule has 0 aliphatic rings. The third-order valence-corrected chi connectivity index (χ3v) is 2.64. The van der Waals surface area contributed by atoms with Crippen molar-refractivity contribution in [2.24, 2.45) is 0 Å². The highest BCUT2D eigenvalue weighted by molar-refractivity contribution is 5.88. The number of carboxylic acids is 1. The van der Waals surface area contributed by atoms with Crippen molar-refractivity contribution >= 4 is 11.7 Å². The molecule has 0 spiro atoms. The number of carboxylic acid groups (broad SMARTS) is 1. The highest BCUT2D eigenvalue weighted by Crippen LogP contribution is 2.17. The van der Waals surface area contributed by atoms with Crippen LogP contribution in [0.2, 0.25) is 0 Å². The first-order valence-corrected chi connectivity index (χ1v) is 5.83. The van der Waals surface area contributed by atoms with E-state index >= 15 is 0 Å². The number of benzene rings is 1. The van der Waals surface area contributed by atoms with Gasteiger partial charge >= 0.3 is 5.97 Å². The molecule has 0 amide bonds. The second-order valence-corrected chi connectivity index (χ2v) is 4.27. The summed E-state index contributed by atoms with van der Waals surface area (Å²) in [5.41, 5.74) is 0.215. The van der Waals surface area contributed by atoms with Crippen molar-refractivity contribution < 1.29 is 14.3 Å². The van der Waals surface area contributed by atoms with Crippen LogP contribution in [0.5, 0.6) is 0 Å². The molecule has 2 aromatic rings. The summed E-state index contributed by atoms with van der Waals surface area (Å²) >= 11 is 0. The molecule has 1 unspecified atom stereocenters. The van der Waals surface area contributed by atoms with Crippen LogP contribution < -0.4 is 5.32 Å². The molecule has 0 bridgehead atoms. The van der Waals surface area contributed by atoms with Crippen LogP contribution in [0.25, 0.3) is 0 Å². The number of rotatable bonds is 5. The van der Waals surface area contributed by atoms with Crippen molar-refractivity contribution in [1.29, 1.82) is 0 Å². The smallest absolute Gasteiger partial charge is 0.335 e. The summed E-state index contributed by atoms with van der Waals surface area (Å²) < 4.78 is 15.4. The predicted molar refractivity (Wildman–Crippen MR) is 68.7 cm³/mol. The normalized spacial score (nSPS) is 12.1. The number of anilines is 1. The number of hydrogen-bond acceptors (Lipinski definition) is 3. The van der Waals surface area contributed by atoms with Gasteiger partial charge in [-0.15, -0.1) is 0 Å². The fourth-order valence-electron chi connectivity index (χ4n) is 1.77. The Hall–Kier alpha value is -2.37. The molecular formula is C13H14FN3O2. The van der Waals surface area contributed by atoms with E-state index in [1.807, 2.05) is 19.2 Å². The number of aromatic nitrogens is 2.